The van der Waals surface area contributed by atoms with E-state index in [1.807, 2.05) is 31.2 Å². The average Bonchev–Trinajstić information content (AvgIpc) is 2.94. The number of pyridine rings is 1. The lowest BCUT2D eigenvalue weighted by Gasteiger charge is -2.03. The number of nitro groups is 1. The van der Waals surface area contributed by atoms with E-state index in [9.17, 15) is 14.9 Å². The maximum atomic E-state index is 12.6. The maximum Gasteiger partial charge on any atom is 0.270 e. The minimum absolute atomic E-state index is 0.142. The van der Waals surface area contributed by atoms with Gasteiger partial charge in [0.15, 0.2) is 11.5 Å². The van der Waals surface area contributed by atoms with Crippen LogP contribution < -0.4 is 5.32 Å². The Kier molecular flexibility index (Phi) is 3.80. The number of amides is 1. The summed E-state index contributed by atoms with van der Waals surface area (Å²) in [7, 11) is 1.75. The van der Waals surface area contributed by atoms with E-state index in [0.29, 0.717) is 16.9 Å². The number of non-ortho nitro benzene ring substituents is 1. The second kappa shape index (κ2) is 6.17. The molecule has 8 nitrogen and oxygen atoms in total. The SMILES string of the molecule is Cc1ccc2nc3c(cc2c1)c(NC(=O)c1cccc([N+](=O)[O-])c1)nn3C. The van der Waals surface area contributed by atoms with Gasteiger partial charge >= 0.3 is 0 Å². The molecule has 2 aromatic carbocycles. The molecule has 0 aliphatic rings. The number of aromatic nitrogens is 3. The van der Waals surface area contributed by atoms with Crippen LogP contribution in [-0.2, 0) is 7.05 Å². The first-order valence-corrected chi connectivity index (χ1v) is 8.22. The fourth-order valence-corrected chi connectivity index (χ4v) is 2.99. The van der Waals surface area contributed by atoms with Crippen molar-refractivity contribution in [2.75, 3.05) is 5.32 Å². The van der Waals surface area contributed by atoms with Crippen LogP contribution in [0.2, 0.25) is 0 Å². The number of nitro benzene ring substituents is 1. The van der Waals surface area contributed by atoms with E-state index in [4.69, 9.17) is 0 Å². The van der Waals surface area contributed by atoms with E-state index < -0.39 is 10.8 Å². The van der Waals surface area contributed by atoms with Gasteiger partial charge in [-0.05, 0) is 31.2 Å². The van der Waals surface area contributed by atoms with Gasteiger partial charge in [-0.1, -0.05) is 17.7 Å². The van der Waals surface area contributed by atoms with E-state index in [-0.39, 0.29) is 11.3 Å². The molecule has 1 amide bonds. The predicted molar refractivity (Wildman–Crippen MR) is 102 cm³/mol. The molecule has 4 aromatic rings. The number of rotatable bonds is 3. The number of hydrogen-bond donors (Lipinski definition) is 1. The van der Waals surface area contributed by atoms with Crippen molar-refractivity contribution in [2.24, 2.45) is 7.05 Å². The number of carbonyl (C=O) groups is 1. The highest BCUT2D eigenvalue weighted by atomic mass is 16.6. The molecule has 0 atom stereocenters. The van der Waals surface area contributed by atoms with Crippen molar-refractivity contribution in [1.29, 1.82) is 0 Å². The lowest BCUT2D eigenvalue weighted by molar-refractivity contribution is -0.384. The van der Waals surface area contributed by atoms with Crippen LogP contribution in [0.4, 0.5) is 11.5 Å². The number of aryl methyl sites for hydroxylation is 2. The molecule has 8 heteroatoms. The Balaban J connectivity index is 1.76. The molecule has 27 heavy (non-hydrogen) atoms. The minimum atomic E-state index is -0.536. The maximum absolute atomic E-state index is 12.6. The normalized spacial score (nSPS) is 11.0. The summed E-state index contributed by atoms with van der Waals surface area (Å²) in [5, 5.41) is 19.6. The topological polar surface area (TPSA) is 103 Å². The van der Waals surface area contributed by atoms with Crippen LogP contribution in [-0.4, -0.2) is 25.6 Å². The summed E-state index contributed by atoms with van der Waals surface area (Å²) in [4.78, 5) is 27.6. The summed E-state index contributed by atoms with van der Waals surface area (Å²) in [6.45, 7) is 2.00. The van der Waals surface area contributed by atoms with Crippen molar-refractivity contribution in [2.45, 2.75) is 6.92 Å². The zero-order chi connectivity index (χ0) is 19.1. The van der Waals surface area contributed by atoms with Crippen LogP contribution in [0.15, 0.2) is 48.5 Å². The molecule has 0 bridgehead atoms. The monoisotopic (exact) mass is 361 g/mol. The Morgan fingerprint density at radius 3 is 2.78 bits per heavy atom. The fourth-order valence-electron chi connectivity index (χ4n) is 2.99. The van der Waals surface area contributed by atoms with Gasteiger partial charge in [-0.15, -0.1) is 0 Å². The van der Waals surface area contributed by atoms with Crippen molar-refractivity contribution >= 4 is 39.3 Å². The van der Waals surface area contributed by atoms with Crippen LogP contribution in [0.1, 0.15) is 15.9 Å². The molecule has 0 unspecified atom stereocenters. The smallest absolute Gasteiger partial charge is 0.270 e. The number of hydrogen-bond acceptors (Lipinski definition) is 5. The molecule has 0 radical (unpaired) electrons. The largest absolute Gasteiger partial charge is 0.304 e. The van der Waals surface area contributed by atoms with Crippen LogP contribution in [0.5, 0.6) is 0 Å². The second-order valence-corrected chi connectivity index (χ2v) is 6.29. The third-order valence-corrected chi connectivity index (χ3v) is 4.31. The number of benzene rings is 2. The number of anilines is 1. The molecule has 0 aliphatic heterocycles. The molecule has 0 spiro atoms. The van der Waals surface area contributed by atoms with Crippen molar-refractivity contribution < 1.29 is 9.72 Å². The van der Waals surface area contributed by atoms with E-state index in [2.05, 4.69) is 15.4 Å². The van der Waals surface area contributed by atoms with Crippen LogP contribution >= 0.6 is 0 Å². The van der Waals surface area contributed by atoms with Gasteiger partial charge in [0, 0.05) is 30.1 Å². The van der Waals surface area contributed by atoms with Gasteiger partial charge in [0.1, 0.15) is 0 Å². The molecule has 0 saturated heterocycles. The first-order valence-electron chi connectivity index (χ1n) is 8.22. The van der Waals surface area contributed by atoms with E-state index in [0.717, 1.165) is 16.5 Å². The highest BCUT2D eigenvalue weighted by molar-refractivity contribution is 6.09. The number of nitrogens with zero attached hydrogens (tertiary/aromatic N) is 4. The van der Waals surface area contributed by atoms with Gasteiger partial charge in [0.05, 0.1) is 15.8 Å². The summed E-state index contributed by atoms with van der Waals surface area (Å²) in [6, 6.07) is 13.4. The fraction of sp³-hybridized carbons (Fsp3) is 0.105. The highest BCUT2D eigenvalue weighted by Gasteiger charge is 2.16. The Bertz CT molecular complexity index is 1230. The minimum Gasteiger partial charge on any atom is -0.304 e. The van der Waals surface area contributed by atoms with Gasteiger partial charge in [0.25, 0.3) is 11.6 Å². The highest BCUT2D eigenvalue weighted by Crippen LogP contribution is 2.26. The lowest BCUT2D eigenvalue weighted by Crippen LogP contribution is -2.13. The number of nitrogens with one attached hydrogen (secondary N) is 1. The molecule has 0 fully saturated rings. The van der Waals surface area contributed by atoms with E-state index in [1.54, 1.807) is 11.7 Å². The quantitative estimate of drug-likeness (QED) is 0.444. The van der Waals surface area contributed by atoms with Gasteiger partial charge in [-0.25, -0.2) is 9.67 Å². The van der Waals surface area contributed by atoms with Crippen molar-refractivity contribution in [1.82, 2.24) is 14.8 Å². The summed E-state index contributed by atoms with van der Waals surface area (Å²) >= 11 is 0. The standard InChI is InChI=1S/C19H15N5O3/c1-11-6-7-16-13(8-11)10-15-17(22-23(2)18(15)20-16)21-19(25)12-4-3-5-14(9-12)24(26)27/h3-10H,1-2H3,(H,21,22,25). The second-order valence-electron chi connectivity index (χ2n) is 6.29. The third-order valence-electron chi connectivity index (χ3n) is 4.31. The molecule has 2 aromatic heterocycles. The molecule has 1 N–H and O–H groups in total. The Labute approximate surface area is 153 Å². The van der Waals surface area contributed by atoms with Gasteiger partial charge in [-0.3, -0.25) is 14.9 Å². The van der Waals surface area contributed by atoms with Crippen LogP contribution in [0.25, 0.3) is 21.9 Å². The number of carbonyl (C=O) groups excluding carboxylic acids is 1. The predicted octanol–water partition coefficient (Wildman–Crippen LogP) is 3.59. The summed E-state index contributed by atoms with van der Waals surface area (Å²) < 4.78 is 1.59. The van der Waals surface area contributed by atoms with Gasteiger partial charge in [-0.2, -0.15) is 5.10 Å². The molecule has 0 saturated carbocycles. The Hall–Kier alpha value is -3.81. The summed E-state index contributed by atoms with van der Waals surface area (Å²) in [5.74, 6) is -0.108. The van der Waals surface area contributed by atoms with Gasteiger partial charge < -0.3 is 5.32 Å². The molecule has 0 aliphatic carbocycles. The molecule has 134 valence electrons. The average molecular weight is 361 g/mol. The first kappa shape index (κ1) is 16.6. The van der Waals surface area contributed by atoms with Crippen molar-refractivity contribution in [3.05, 3.63) is 69.8 Å². The molecular weight excluding hydrogens is 346 g/mol. The first-order chi connectivity index (χ1) is 12.9. The zero-order valence-electron chi connectivity index (χ0n) is 14.6. The van der Waals surface area contributed by atoms with E-state index in [1.165, 1.54) is 24.3 Å². The molecular formula is C19H15N5O3. The van der Waals surface area contributed by atoms with Crippen LogP contribution in [0, 0.1) is 17.0 Å². The lowest BCUT2D eigenvalue weighted by atomic mass is 10.1. The summed E-state index contributed by atoms with van der Waals surface area (Å²) in [6.07, 6.45) is 0. The molecule has 2 heterocycles. The summed E-state index contributed by atoms with van der Waals surface area (Å²) in [5.41, 5.74) is 2.63. The Morgan fingerprint density at radius 1 is 1.19 bits per heavy atom. The third kappa shape index (κ3) is 2.97. The van der Waals surface area contributed by atoms with Crippen molar-refractivity contribution in [3.8, 4) is 0 Å². The zero-order valence-corrected chi connectivity index (χ0v) is 14.6. The van der Waals surface area contributed by atoms with Crippen LogP contribution in [0.3, 0.4) is 0 Å². The van der Waals surface area contributed by atoms with E-state index >= 15 is 0 Å². The molecule has 4 rings (SSSR count). The Morgan fingerprint density at radius 2 is 2.00 bits per heavy atom. The van der Waals surface area contributed by atoms with Crippen molar-refractivity contribution in [3.63, 3.8) is 0 Å². The number of fused-ring (bicyclic) bond motifs is 2. The van der Waals surface area contributed by atoms with Gasteiger partial charge in [0.2, 0.25) is 0 Å².